The van der Waals surface area contributed by atoms with Crippen LogP contribution in [0.1, 0.15) is 88.9 Å². The van der Waals surface area contributed by atoms with E-state index in [2.05, 4.69) is 0 Å². The molecule has 3 fully saturated rings. The standard InChI is InChI=1S/C42H48O14/c1-22-29(51-23(2)43)20-41(39(6,7)49)32(22)33(52-24(3)44)35(53-25(4)45)40(8)30(54-37(47)27-15-11-9-12-16-27)19-31-42(21-50-31,56-26(5)46)34(40)36(41)55-38(48)28-17-13-10-14-18-28/h9-18,29-31,33-36,49H,19-21H2,1-8H3/t29-,30-,31+,33+,34?,35-,36?,40+,41-,42-/m0/s1. The second kappa shape index (κ2) is 14.8. The van der Waals surface area contributed by atoms with Crippen LogP contribution in [-0.2, 0) is 52.3 Å². The normalized spacial score (nSPS) is 33.2. The molecule has 6 rings (SSSR count). The second-order valence-electron chi connectivity index (χ2n) is 15.9. The monoisotopic (exact) mass is 776 g/mol. The third kappa shape index (κ3) is 6.66. The average molecular weight is 777 g/mol. The van der Waals surface area contributed by atoms with Crippen molar-refractivity contribution < 1.29 is 67.0 Å². The fraction of sp³-hybridized carbons (Fsp3) is 0.524. The molecule has 300 valence electrons. The maximum Gasteiger partial charge on any atom is 0.338 e. The van der Waals surface area contributed by atoms with Gasteiger partial charge in [-0.25, -0.2) is 9.59 Å². The van der Waals surface area contributed by atoms with E-state index in [-0.39, 0.29) is 36.1 Å². The molecule has 56 heavy (non-hydrogen) atoms. The van der Waals surface area contributed by atoms with E-state index in [1.54, 1.807) is 74.5 Å². The van der Waals surface area contributed by atoms with E-state index in [1.165, 1.54) is 27.7 Å². The minimum atomic E-state index is -1.92. The lowest BCUT2D eigenvalue weighted by Gasteiger charge is -2.65. The Labute approximate surface area is 324 Å². The Hall–Kier alpha value is -5.08. The second-order valence-corrected chi connectivity index (χ2v) is 15.9. The molecule has 0 spiro atoms. The van der Waals surface area contributed by atoms with Crippen molar-refractivity contribution in [3.05, 3.63) is 82.9 Å². The van der Waals surface area contributed by atoms with Gasteiger partial charge in [-0.1, -0.05) is 43.3 Å². The van der Waals surface area contributed by atoms with Gasteiger partial charge in [-0.05, 0) is 56.2 Å². The molecule has 0 amide bonds. The molecule has 14 nitrogen and oxygen atoms in total. The zero-order valence-electron chi connectivity index (χ0n) is 32.7. The molecular formula is C42H48O14. The minimum absolute atomic E-state index is 0.0909. The van der Waals surface area contributed by atoms with E-state index in [0.717, 1.165) is 13.8 Å². The number of benzene rings is 2. The van der Waals surface area contributed by atoms with Gasteiger partial charge in [0, 0.05) is 40.5 Å². The quantitative estimate of drug-likeness (QED) is 0.214. The largest absolute Gasteiger partial charge is 0.458 e. The molecule has 14 heteroatoms. The van der Waals surface area contributed by atoms with Crippen molar-refractivity contribution in [2.75, 3.05) is 6.61 Å². The predicted octanol–water partition coefficient (Wildman–Crippen LogP) is 4.45. The molecule has 0 radical (unpaired) electrons. The van der Waals surface area contributed by atoms with Gasteiger partial charge in [0.1, 0.15) is 24.4 Å². The molecule has 4 aliphatic rings. The maximum atomic E-state index is 14.5. The minimum Gasteiger partial charge on any atom is -0.458 e. The molecule has 1 N–H and O–H groups in total. The van der Waals surface area contributed by atoms with Gasteiger partial charge in [-0.2, -0.15) is 0 Å². The summed E-state index contributed by atoms with van der Waals surface area (Å²) in [6.07, 6.45) is -8.24. The Bertz CT molecular complexity index is 1930. The van der Waals surface area contributed by atoms with Crippen LogP contribution in [0.15, 0.2) is 71.8 Å². The van der Waals surface area contributed by atoms with Crippen molar-refractivity contribution >= 4 is 35.8 Å². The first-order valence-electron chi connectivity index (χ1n) is 18.6. The molecule has 1 saturated heterocycles. The van der Waals surface area contributed by atoms with Crippen molar-refractivity contribution in [1.82, 2.24) is 0 Å². The lowest BCUT2D eigenvalue weighted by molar-refractivity contribution is -0.350. The maximum absolute atomic E-state index is 14.5. The Kier molecular flexibility index (Phi) is 10.7. The predicted molar refractivity (Wildman–Crippen MR) is 194 cm³/mol. The van der Waals surface area contributed by atoms with Crippen LogP contribution < -0.4 is 0 Å². The molecule has 3 aliphatic carbocycles. The van der Waals surface area contributed by atoms with E-state index >= 15 is 0 Å². The van der Waals surface area contributed by atoms with Gasteiger partial charge in [0.25, 0.3) is 0 Å². The highest BCUT2D eigenvalue weighted by molar-refractivity contribution is 5.90. The Morgan fingerprint density at radius 1 is 0.732 bits per heavy atom. The third-order valence-electron chi connectivity index (χ3n) is 12.1. The van der Waals surface area contributed by atoms with Crippen LogP contribution >= 0.6 is 0 Å². The van der Waals surface area contributed by atoms with Crippen LogP contribution in [0, 0.1) is 16.7 Å². The highest BCUT2D eigenvalue weighted by atomic mass is 16.6. The zero-order chi connectivity index (χ0) is 41.0. The summed E-state index contributed by atoms with van der Waals surface area (Å²) >= 11 is 0. The number of esters is 6. The number of ether oxygens (including phenoxy) is 7. The van der Waals surface area contributed by atoms with Crippen LogP contribution in [-0.4, -0.2) is 95.4 Å². The van der Waals surface area contributed by atoms with Crippen molar-refractivity contribution in [3.8, 4) is 0 Å². The number of carbonyl (C=O) groups excluding carboxylic acids is 6. The molecule has 1 heterocycles. The van der Waals surface area contributed by atoms with Crippen LogP contribution in [0.2, 0.25) is 0 Å². The number of fused-ring (bicyclic) bond motifs is 4. The summed E-state index contributed by atoms with van der Waals surface area (Å²) in [5.41, 5.74) is -6.31. The summed E-state index contributed by atoms with van der Waals surface area (Å²) in [5, 5.41) is 12.7. The summed E-state index contributed by atoms with van der Waals surface area (Å²) in [6, 6.07) is 16.3. The molecule has 2 unspecified atom stereocenters. The van der Waals surface area contributed by atoms with Gasteiger partial charge in [0.05, 0.1) is 40.1 Å². The number of carbonyl (C=O) groups is 6. The van der Waals surface area contributed by atoms with Crippen molar-refractivity contribution in [2.45, 2.75) is 116 Å². The average Bonchev–Trinajstić information content (AvgIpc) is 3.37. The molecule has 1 aliphatic heterocycles. The molecule has 0 aromatic heterocycles. The smallest absolute Gasteiger partial charge is 0.338 e. The first-order chi connectivity index (χ1) is 26.3. The summed E-state index contributed by atoms with van der Waals surface area (Å²) in [7, 11) is 0. The molecule has 10 atom stereocenters. The van der Waals surface area contributed by atoms with Crippen molar-refractivity contribution in [1.29, 1.82) is 0 Å². The zero-order valence-corrected chi connectivity index (χ0v) is 32.7. The fourth-order valence-corrected chi connectivity index (χ4v) is 9.86. The molecular weight excluding hydrogens is 728 g/mol. The molecule has 2 aromatic rings. The van der Waals surface area contributed by atoms with Gasteiger partial charge in [0.2, 0.25) is 0 Å². The first kappa shape index (κ1) is 40.6. The SMILES string of the molecule is CC(=O)O[C@H]1C[C@]2(C(C)(C)O)C(=C1C)[C@@H](OC(C)=O)[C@H](OC(C)=O)[C@@]1(C)C(C2OC(=O)c2ccccc2)[C@]2(OC(C)=O)CO[C@@H]2C[C@@H]1OC(=O)c1ccccc1. The molecule has 2 saturated carbocycles. The summed E-state index contributed by atoms with van der Waals surface area (Å²) in [5.74, 6) is -5.89. The first-order valence-corrected chi connectivity index (χ1v) is 18.6. The van der Waals surface area contributed by atoms with Gasteiger partial charge in [-0.3, -0.25) is 19.2 Å². The van der Waals surface area contributed by atoms with E-state index in [0.29, 0.717) is 5.57 Å². The summed E-state index contributed by atoms with van der Waals surface area (Å²) < 4.78 is 43.8. The highest BCUT2D eigenvalue weighted by Gasteiger charge is 2.81. The van der Waals surface area contributed by atoms with E-state index in [4.69, 9.17) is 33.2 Å². The highest BCUT2D eigenvalue weighted by Crippen LogP contribution is 2.69. The van der Waals surface area contributed by atoms with Gasteiger partial charge in [-0.15, -0.1) is 0 Å². The third-order valence-corrected chi connectivity index (χ3v) is 12.1. The Balaban J connectivity index is 1.75. The lowest BCUT2D eigenvalue weighted by atomic mass is 9.49. The van der Waals surface area contributed by atoms with Crippen molar-refractivity contribution in [3.63, 3.8) is 0 Å². The Morgan fingerprint density at radius 2 is 1.27 bits per heavy atom. The van der Waals surface area contributed by atoms with Crippen LogP contribution in [0.25, 0.3) is 0 Å². The Morgan fingerprint density at radius 3 is 1.73 bits per heavy atom. The van der Waals surface area contributed by atoms with E-state index in [1.807, 2.05) is 0 Å². The van der Waals surface area contributed by atoms with Crippen LogP contribution in [0.3, 0.4) is 0 Å². The van der Waals surface area contributed by atoms with E-state index in [9.17, 15) is 33.9 Å². The van der Waals surface area contributed by atoms with Crippen LogP contribution in [0.4, 0.5) is 0 Å². The van der Waals surface area contributed by atoms with Crippen molar-refractivity contribution in [2.24, 2.45) is 16.7 Å². The van der Waals surface area contributed by atoms with Gasteiger partial charge < -0.3 is 38.3 Å². The summed E-state index contributed by atoms with van der Waals surface area (Å²) in [4.78, 5) is 81.0. The van der Waals surface area contributed by atoms with E-state index < -0.39 is 100 Å². The number of rotatable bonds is 9. The van der Waals surface area contributed by atoms with Crippen LogP contribution in [0.5, 0.6) is 0 Å². The number of aliphatic hydroxyl groups is 1. The lowest BCUT2D eigenvalue weighted by Crippen LogP contribution is -2.79. The van der Waals surface area contributed by atoms with Gasteiger partial charge in [0.15, 0.2) is 17.8 Å². The number of hydrogen-bond acceptors (Lipinski definition) is 14. The molecule has 2 aromatic carbocycles. The summed E-state index contributed by atoms with van der Waals surface area (Å²) in [6.45, 7) is 10.8. The topological polar surface area (TPSA) is 187 Å². The van der Waals surface area contributed by atoms with Gasteiger partial charge >= 0.3 is 35.8 Å². The molecule has 0 bridgehead atoms. The number of hydrogen-bond donors (Lipinski definition) is 1. The fourth-order valence-electron chi connectivity index (χ4n) is 9.86.